The molecule has 2 heterocycles. The molecule has 1 aliphatic rings. The number of rotatable bonds is 1. The molecule has 0 radical (unpaired) electrons. The molecule has 2 N–H and O–H groups in total. The molecule has 1 fully saturated rings. The summed E-state index contributed by atoms with van der Waals surface area (Å²) in [6, 6.07) is 1.78. The van der Waals surface area contributed by atoms with Gasteiger partial charge in [0, 0.05) is 18.6 Å². The van der Waals surface area contributed by atoms with Crippen LogP contribution in [-0.4, -0.2) is 18.4 Å². The van der Waals surface area contributed by atoms with Gasteiger partial charge in [0.15, 0.2) is 5.82 Å². The van der Waals surface area contributed by atoms with Crippen molar-refractivity contribution in [1.29, 1.82) is 0 Å². The first-order chi connectivity index (χ1) is 5.86. The largest absolute Gasteiger partial charge is 0.381 e. The van der Waals surface area contributed by atoms with Crippen LogP contribution in [0, 0.1) is 0 Å². The SMILES string of the molecule is Nc1cc(C2CCCOC2)on1. The Hall–Kier alpha value is -1.03. The Kier molecular flexibility index (Phi) is 1.99. The molecule has 0 aromatic carbocycles. The van der Waals surface area contributed by atoms with Gasteiger partial charge in [0.1, 0.15) is 5.76 Å². The lowest BCUT2D eigenvalue weighted by molar-refractivity contribution is 0.0721. The van der Waals surface area contributed by atoms with Crippen molar-refractivity contribution >= 4 is 5.82 Å². The van der Waals surface area contributed by atoms with E-state index in [-0.39, 0.29) is 0 Å². The molecule has 1 aliphatic heterocycles. The second kappa shape index (κ2) is 3.15. The average Bonchev–Trinajstić information content (AvgIpc) is 2.54. The summed E-state index contributed by atoms with van der Waals surface area (Å²) in [5.41, 5.74) is 5.44. The maximum Gasteiger partial charge on any atom is 0.167 e. The van der Waals surface area contributed by atoms with Gasteiger partial charge in [-0.15, -0.1) is 0 Å². The van der Waals surface area contributed by atoms with E-state index in [4.69, 9.17) is 15.0 Å². The van der Waals surface area contributed by atoms with E-state index >= 15 is 0 Å². The van der Waals surface area contributed by atoms with Crippen molar-refractivity contribution in [1.82, 2.24) is 5.16 Å². The highest BCUT2D eigenvalue weighted by Gasteiger charge is 2.19. The monoisotopic (exact) mass is 168 g/mol. The first kappa shape index (κ1) is 7.61. The fraction of sp³-hybridized carbons (Fsp3) is 0.625. The summed E-state index contributed by atoms with van der Waals surface area (Å²) in [5.74, 6) is 1.66. The highest BCUT2D eigenvalue weighted by molar-refractivity contribution is 5.28. The molecule has 1 saturated heterocycles. The van der Waals surface area contributed by atoms with Gasteiger partial charge in [-0.25, -0.2) is 0 Å². The van der Waals surface area contributed by atoms with E-state index in [1.165, 1.54) is 0 Å². The van der Waals surface area contributed by atoms with E-state index in [1.807, 2.05) is 0 Å². The topological polar surface area (TPSA) is 61.3 Å². The van der Waals surface area contributed by atoms with Crippen LogP contribution in [0.15, 0.2) is 10.6 Å². The second-order valence-corrected chi connectivity index (χ2v) is 3.07. The Morgan fingerprint density at radius 1 is 1.58 bits per heavy atom. The third kappa shape index (κ3) is 1.43. The van der Waals surface area contributed by atoms with Crippen molar-refractivity contribution in [2.45, 2.75) is 18.8 Å². The molecule has 0 saturated carbocycles. The van der Waals surface area contributed by atoms with Gasteiger partial charge < -0.3 is 15.0 Å². The molecule has 66 valence electrons. The lowest BCUT2D eigenvalue weighted by Crippen LogP contribution is -2.14. The molecule has 1 unspecified atom stereocenters. The van der Waals surface area contributed by atoms with Gasteiger partial charge in [-0.1, -0.05) is 5.16 Å². The zero-order valence-corrected chi connectivity index (χ0v) is 6.82. The fourth-order valence-electron chi connectivity index (χ4n) is 1.46. The van der Waals surface area contributed by atoms with Crippen LogP contribution < -0.4 is 5.73 Å². The van der Waals surface area contributed by atoms with Gasteiger partial charge in [0.05, 0.1) is 6.61 Å². The lowest BCUT2D eigenvalue weighted by atomic mass is 10.00. The number of hydrogen-bond acceptors (Lipinski definition) is 4. The van der Waals surface area contributed by atoms with Gasteiger partial charge in [0.25, 0.3) is 0 Å². The van der Waals surface area contributed by atoms with Crippen LogP contribution in [0.2, 0.25) is 0 Å². The second-order valence-electron chi connectivity index (χ2n) is 3.07. The van der Waals surface area contributed by atoms with Gasteiger partial charge in [-0.3, -0.25) is 0 Å². The zero-order valence-electron chi connectivity index (χ0n) is 6.82. The number of nitrogens with two attached hydrogens (primary N) is 1. The predicted molar refractivity (Wildman–Crippen MR) is 43.7 cm³/mol. The Labute approximate surface area is 70.7 Å². The molecule has 0 spiro atoms. The number of nitrogen functional groups attached to an aromatic ring is 1. The smallest absolute Gasteiger partial charge is 0.167 e. The maximum absolute atomic E-state index is 5.44. The third-order valence-corrected chi connectivity index (χ3v) is 2.11. The van der Waals surface area contributed by atoms with Crippen LogP contribution in [0.25, 0.3) is 0 Å². The molecule has 2 rings (SSSR count). The first-order valence-corrected chi connectivity index (χ1v) is 4.16. The minimum Gasteiger partial charge on any atom is -0.381 e. The Morgan fingerprint density at radius 2 is 2.50 bits per heavy atom. The number of anilines is 1. The normalized spacial score (nSPS) is 24.2. The fourth-order valence-corrected chi connectivity index (χ4v) is 1.46. The molecule has 1 aromatic rings. The van der Waals surface area contributed by atoms with E-state index in [0.717, 1.165) is 31.8 Å². The van der Waals surface area contributed by atoms with E-state index in [9.17, 15) is 0 Å². The molecule has 12 heavy (non-hydrogen) atoms. The molecule has 4 nitrogen and oxygen atoms in total. The molecule has 0 bridgehead atoms. The van der Waals surface area contributed by atoms with Crippen molar-refractivity contribution in [2.75, 3.05) is 18.9 Å². The minimum atomic E-state index is 0.351. The third-order valence-electron chi connectivity index (χ3n) is 2.11. The Morgan fingerprint density at radius 3 is 3.08 bits per heavy atom. The molecular formula is C8H12N2O2. The van der Waals surface area contributed by atoms with Crippen LogP contribution in [0.3, 0.4) is 0 Å². The Bertz CT molecular complexity index is 253. The number of nitrogens with zero attached hydrogens (tertiary/aromatic N) is 1. The summed E-state index contributed by atoms with van der Waals surface area (Å²) in [7, 11) is 0. The van der Waals surface area contributed by atoms with Crippen LogP contribution in [0.1, 0.15) is 24.5 Å². The van der Waals surface area contributed by atoms with Crippen molar-refractivity contribution in [3.05, 3.63) is 11.8 Å². The van der Waals surface area contributed by atoms with E-state index < -0.39 is 0 Å². The lowest BCUT2D eigenvalue weighted by Gasteiger charge is -2.18. The molecular weight excluding hydrogens is 156 g/mol. The van der Waals surface area contributed by atoms with E-state index in [2.05, 4.69) is 5.16 Å². The molecule has 1 aromatic heterocycles. The van der Waals surface area contributed by atoms with Crippen LogP contribution in [0.5, 0.6) is 0 Å². The van der Waals surface area contributed by atoms with Crippen molar-refractivity contribution < 1.29 is 9.26 Å². The number of hydrogen-bond donors (Lipinski definition) is 1. The molecule has 1 atom stereocenters. The summed E-state index contributed by atoms with van der Waals surface area (Å²) in [4.78, 5) is 0. The average molecular weight is 168 g/mol. The predicted octanol–water partition coefficient (Wildman–Crippen LogP) is 1.15. The standard InChI is InChI=1S/C8H12N2O2/c9-8-4-7(12-10-8)6-2-1-3-11-5-6/h4,6H,1-3,5H2,(H2,9,10). The highest BCUT2D eigenvalue weighted by Crippen LogP contribution is 2.25. The zero-order chi connectivity index (χ0) is 8.39. The molecule has 0 aliphatic carbocycles. The molecule has 4 heteroatoms. The summed E-state index contributed by atoms with van der Waals surface area (Å²) in [5, 5.41) is 3.64. The Balaban J connectivity index is 2.08. The number of ether oxygens (including phenoxy) is 1. The van der Waals surface area contributed by atoms with Gasteiger partial charge in [-0.05, 0) is 12.8 Å². The first-order valence-electron chi connectivity index (χ1n) is 4.16. The summed E-state index contributed by atoms with van der Waals surface area (Å²) >= 11 is 0. The van der Waals surface area contributed by atoms with E-state index in [1.54, 1.807) is 6.07 Å². The maximum atomic E-state index is 5.44. The highest BCUT2D eigenvalue weighted by atomic mass is 16.5. The van der Waals surface area contributed by atoms with Crippen molar-refractivity contribution in [2.24, 2.45) is 0 Å². The number of aromatic nitrogens is 1. The van der Waals surface area contributed by atoms with Crippen LogP contribution in [-0.2, 0) is 4.74 Å². The van der Waals surface area contributed by atoms with Gasteiger partial charge >= 0.3 is 0 Å². The van der Waals surface area contributed by atoms with Crippen LogP contribution in [0.4, 0.5) is 5.82 Å². The van der Waals surface area contributed by atoms with Crippen LogP contribution >= 0.6 is 0 Å². The van der Waals surface area contributed by atoms with Gasteiger partial charge in [-0.2, -0.15) is 0 Å². The summed E-state index contributed by atoms with van der Waals surface area (Å²) in [6.45, 7) is 1.59. The van der Waals surface area contributed by atoms with E-state index in [0.29, 0.717) is 11.7 Å². The molecule has 0 amide bonds. The quantitative estimate of drug-likeness (QED) is 0.683. The minimum absolute atomic E-state index is 0.351. The van der Waals surface area contributed by atoms with Gasteiger partial charge in [0.2, 0.25) is 0 Å². The van der Waals surface area contributed by atoms with Crippen molar-refractivity contribution in [3.63, 3.8) is 0 Å². The summed E-state index contributed by atoms with van der Waals surface area (Å²) in [6.07, 6.45) is 2.19. The summed E-state index contributed by atoms with van der Waals surface area (Å²) < 4.78 is 10.4. The van der Waals surface area contributed by atoms with Crippen molar-refractivity contribution in [3.8, 4) is 0 Å².